The van der Waals surface area contributed by atoms with E-state index in [1.165, 1.54) is 6.07 Å². The molecule has 0 fully saturated rings. The van der Waals surface area contributed by atoms with Crippen LogP contribution in [0.15, 0.2) is 70.8 Å². The topological polar surface area (TPSA) is 83.0 Å². The highest BCUT2D eigenvalue weighted by atomic mass is 16.1. The van der Waals surface area contributed by atoms with Gasteiger partial charge in [0, 0.05) is 29.6 Å². The van der Waals surface area contributed by atoms with E-state index >= 15 is 0 Å². The molecule has 0 amide bonds. The van der Waals surface area contributed by atoms with Gasteiger partial charge in [-0.15, -0.1) is 0 Å². The van der Waals surface area contributed by atoms with Gasteiger partial charge in [0.25, 0.3) is 5.56 Å². The van der Waals surface area contributed by atoms with Crippen molar-refractivity contribution in [1.82, 2.24) is 15.0 Å². The van der Waals surface area contributed by atoms with Crippen LogP contribution in [0.1, 0.15) is 5.56 Å². The van der Waals surface area contributed by atoms with Crippen LogP contribution in [0.2, 0.25) is 0 Å². The summed E-state index contributed by atoms with van der Waals surface area (Å²) in [6, 6.07) is 14.6. The maximum absolute atomic E-state index is 11.7. The summed E-state index contributed by atoms with van der Waals surface area (Å²) in [6.45, 7) is 0. The van der Waals surface area contributed by atoms with Gasteiger partial charge in [0.05, 0.1) is 11.9 Å². The molecule has 22 heavy (non-hydrogen) atoms. The fourth-order valence-corrected chi connectivity index (χ4v) is 1.89. The predicted octanol–water partition coefficient (Wildman–Crippen LogP) is 2.28. The zero-order valence-corrected chi connectivity index (χ0v) is 11.6. The minimum absolute atomic E-state index is 0.243. The number of benzene rings is 1. The summed E-state index contributed by atoms with van der Waals surface area (Å²) in [6.07, 6.45) is 4.97. The van der Waals surface area contributed by atoms with Crippen molar-refractivity contribution < 1.29 is 0 Å². The first-order chi connectivity index (χ1) is 10.8. The van der Waals surface area contributed by atoms with Crippen molar-refractivity contribution in [3.8, 4) is 11.3 Å². The predicted molar refractivity (Wildman–Crippen MR) is 85.7 cm³/mol. The van der Waals surface area contributed by atoms with Crippen LogP contribution < -0.4 is 11.0 Å². The molecule has 1 aromatic carbocycles. The summed E-state index contributed by atoms with van der Waals surface area (Å²) in [5, 5.41) is 4.04. The van der Waals surface area contributed by atoms with Gasteiger partial charge >= 0.3 is 0 Å². The van der Waals surface area contributed by atoms with Gasteiger partial charge in [-0.05, 0) is 6.07 Å². The standard InChI is InChI=1S/C16H13N5O/c22-15-9-14(13-6-2-1-3-7-13)19-16(20-15)21-18-11-12-5-4-8-17-10-12/h1-11H,(H2,19,20,21,22)/b18-11-. The molecule has 0 radical (unpaired) electrons. The molecule has 0 aliphatic rings. The molecule has 2 aromatic heterocycles. The molecule has 0 unspecified atom stereocenters. The zero-order valence-electron chi connectivity index (χ0n) is 11.6. The molecule has 0 spiro atoms. The van der Waals surface area contributed by atoms with E-state index in [1.54, 1.807) is 18.6 Å². The smallest absolute Gasteiger partial charge is 0.252 e. The van der Waals surface area contributed by atoms with E-state index in [0.717, 1.165) is 11.1 Å². The fourth-order valence-electron chi connectivity index (χ4n) is 1.89. The average molecular weight is 291 g/mol. The molecule has 2 heterocycles. The molecule has 6 nitrogen and oxygen atoms in total. The second kappa shape index (κ2) is 6.45. The van der Waals surface area contributed by atoms with Crippen LogP contribution in [0.4, 0.5) is 5.95 Å². The minimum Gasteiger partial charge on any atom is -0.291 e. The van der Waals surface area contributed by atoms with Crippen LogP contribution in [0.5, 0.6) is 0 Å². The minimum atomic E-state index is -0.243. The average Bonchev–Trinajstić information content (AvgIpc) is 2.56. The first kappa shape index (κ1) is 13.7. The quantitative estimate of drug-likeness (QED) is 0.570. The normalized spacial score (nSPS) is 10.7. The Morgan fingerprint density at radius 2 is 2.00 bits per heavy atom. The molecule has 3 aromatic rings. The van der Waals surface area contributed by atoms with Crippen molar-refractivity contribution in [2.24, 2.45) is 5.10 Å². The maximum Gasteiger partial charge on any atom is 0.252 e. The SMILES string of the molecule is O=c1cc(-c2ccccc2)nc(N/N=C\c2cccnc2)[nH]1. The summed E-state index contributed by atoms with van der Waals surface area (Å²) in [4.78, 5) is 22.6. The summed E-state index contributed by atoms with van der Waals surface area (Å²) in [5.41, 5.74) is 4.78. The number of H-pyrrole nitrogens is 1. The van der Waals surface area contributed by atoms with Gasteiger partial charge in [0.2, 0.25) is 5.95 Å². The van der Waals surface area contributed by atoms with Crippen LogP contribution in [0.25, 0.3) is 11.3 Å². The Kier molecular flexibility index (Phi) is 4.01. The lowest BCUT2D eigenvalue weighted by Gasteiger charge is -2.03. The van der Waals surface area contributed by atoms with Crippen molar-refractivity contribution in [2.45, 2.75) is 0 Å². The van der Waals surface area contributed by atoms with Crippen molar-refractivity contribution in [2.75, 3.05) is 5.43 Å². The number of pyridine rings is 1. The molecule has 0 aliphatic carbocycles. The first-order valence-electron chi connectivity index (χ1n) is 6.67. The van der Waals surface area contributed by atoms with Crippen molar-refractivity contribution in [3.05, 3.63) is 76.8 Å². The number of aromatic amines is 1. The number of aromatic nitrogens is 3. The first-order valence-corrected chi connectivity index (χ1v) is 6.67. The van der Waals surface area contributed by atoms with Gasteiger partial charge in [0.15, 0.2) is 0 Å². The van der Waals surface area contributed by atoms with Crippen LogP contribution in [0.3, 0.4) is 0 Å². The van der Waals surface area contributed by atoms with Crippen LogP contribution in [-0.4, -0.2) is 21.2 Å². The highest BCUT2D eigenvalue weighted by Gasteiger charge is 2.02. The summed E-state index contributed by atoms with van der Waals surface area (Å²) in [5.74, 6) is 0.284. The molecule has 3 rings (SSSR count). The third kappa shape index (κ3) is 3.43. The highest BCUT2D eigenvalue weighted by molar-refractivity contribution is 5.79. The Morgan fingerprint density at radius 1 is 1.14 bits per heavy atom. The number of hydrogen-bond donors (Lipinski definition) is 2. The molecule has 0 saturated heterocycles. The van der Waals surface area contributed by atoms with E-state index in [1.807, 2.05) is 42.5 Å². The zero-order chi connectivity index (χ0) is 15.2. The summed E-state index contributed by atoms with van der Waals surface area (Å²) < 4.78 is 0. The maximum atomic E-state index is 11.7. The van der Waals surface area contributed by atoms with Crippen molar-refractivity contribution in [1.29, 1.82) is 0 Å². The Hall–Kier alpha value is -3.28. The number of anilines is 1. The Balaban J connectivity index is 1.81. The van der Waals surface area contributed by atoms with Crippen molar-refractivity contribution in [3.63, 3.8) is 0 Å². The molecule has 2 N–H and O–H groups in total. The fraction of sp³-hybridized carbons (Fsp3) is 0. The van der Waals surface area contributed by atoms with Crippen LogP contribution >= 0.6 is 0 Å². The molecular formula is C16H13N5O. The third-order valence-electron chi connectivity index (χ3n) is 2.88. The lowest BCUT2D eigenvalue weighted by atomic mass is 10.1. The largest absolute Gasteiger partial charge is 0.291 e. The highest BCUT2D eigenvalue weighted by Crippen LogP contribution is 2.15. The van der Waals surface area contributed by atoms with E-state index in [0.29, 0.717) is 5.69 Å². The van der Waals surface area contributed by atoms with E-state index < -0.39 is 0 Å². The summed E-state index contributed by atoms with van der Waals surface area (Å²) in [7, 11) is 0. The van der Waals surface area contributed by atoms with E-state index in [9.17, 15) is 4.79 Å². The summed E-state index contributed by atoms with van der Waals surface area (Å²) >= 11 is 0. The number of hydrogen-bond acceptors (Lipinski definition) is 5. The van der Waals surface area contributed by atoms with Crippen LogP contribution in [0, 0.1) is 0 Å². The van der Waals surface area contributed by atoms with Gasteiger partial charge in [-0.25, -0.2) is 10.4 Å². The molecular weight excluding hydrogens is 278 g/mol. The Morgan fingerprint density at radius 3 is 2.77 bits per heavy atom. The Labute approximate surface area is 126 Å². The number of nitrogens with zero attached hydrogens (tertiary/aromatic N) is 3. The van der Waals surface area contributed by atoms with Gasteiger partial charge in [-0.2, -0.15) is 5.10 Å². The van der Waals surface area contributed by atoms with Gasteiger partial charge < -0.3 is 0 Å². The monoisotopic (exact) mass is 291 g/mol. The third-order valence-corrected chi connectivity index (χ3v) is 2.88. The van der Waals surface area contributed by atoms with E-state index in [-0.39, 0.29) is 11.5 Å². The molecule has 0 atom stereocenters. The molecule has 0 aliphatic heterocycles. The lowest BCUT2D eigenvalue weighted by molar-refractivity contribution is 1.09. The van der Waals surface area contributed by atoms with E-state index in [4.69, 9.17) is 0 Å². The molecule has 0 bridgehead atoms. The number of rotatable bonds is 4. The Bertz CT molecular complexity index is 828. The molecule has 6 heteroatoms. The van der Waals surface area contributed by atoms with Gasteiger partial charge in [0.1, 0.15) is 0 Å². The van der Waals surface area contributed by atoms with Gasteiger partial charge in [-0.1, -0.05) is 36.4 Å². The number of nitrogens with one attached hydrogen (secondary N) is 2. The number of hydrazone groups is 1. The lowest BCUT2D eigenvalue weighted by Crippen LogP contribution is -2.10. The second-order valence-corrected chi connectivity index (χ2v) is 4.50. The van der Waals surface area contributed by atoms with Crippen LogP contribution in [-0.2, 0) is 0 Å². The molecule has 0 saturated carbocycles. The van der Waals surface area contributed by atoms with Crippen molar-refractivity contribution >= 4 is 12.2 Å². The second-order valence-electron chi connectivity index (χ2n) is 4.50. The molecule has 108 valence electrons. The van der Waals surface area contributed by atoms with Gasteiger partial charge in [-0.3, -0.25) is 14.8 Å². The van der Waals surface area contributed by atoms with E-state index in [2.05, 4.69) is 25.5 Å².